The van der Waals surface area contributed by atoms with Gasteiger partial charge in [0.05, 0.1) is 18.8 Å². The second-order valence-electron chi connectivity index (χ2n) is 5.02. The number of guanidine groups is 1. The molecule has 0 saturated carbocycles. The molecule has 1 aliphatic rings. The van der Waals surface area contributed by atoms with Crippen LogP contribution in [0.5, 0.6) is 11.5 Å². The highest BCUT2D eigenvalue weighted by Crippen LogP contribution is 2.21. The zero-order valence-corrected chi connectivity index (χ0v) is 12.3. The molecule has 0 saturated heterocycles. The summed E-state index contributed by atoms with van der Waals surface area (Å²) in [6, 6.07) is 9.55. The lowest BCUT2D eigenvalue weighted by molar-refractivity contribution is 0.478. The smallest absolute Gasteiger partial charge is 0.194 e. The third-order valence-electron chi connectivity index (χ3n) is 3.32. The van der Waals surface area contributed by atoms with Gasteiger partial charge >= 0.3 is 0 Å². The first-order valence-electron chi connectivity index (χ1n) is 7.08. The molecule has 0 aliphatic carbocycles. The number of hydrogen-bond acceptors (Lipinski definition) is 5. The van der Waals surface area contributed by atoms with E-state index < -0.39 is 0 Å². The Morgan fingerprint density at radius 3 is 2.77 bits per heavy atom. The number of nitrogens with zero attached hydrogens (tertiary/aromatic N) is 3. The molecular formula is C16H17FN4O. The summed E-state index contributed by atoms with van der Waals surface area (Å²) in [6.45, 7) is 2.33. The second kappa shape index (κ2) is 6.43. The Balaban J connectivity index is 1.63. The molecule has 5 nitrogen and oxygen atoms in total. The van der Waals surface area contributed by atoms with Gasteiger partial charge in [-0.3, -0.25) is 9.98 Å². The van der Waals surface area contributed by atoms with Gasteiger partial charge in [-0.2, -0.15) is 0 Å². The quantitative estimate of drug-likeness (QED) is 0.942. The highest BCUT2D eigenvalue weighted by molar-refractivity contribution is 5.81. The highest BCUT2D eigenvalue weighted by Gasteiger charge is 2.11. The van der Waals surface area contributed by atoms with Crippen molar-refractivity contribution in [1.82, 2.24) is 15.2 Å². The first-order chi connectivity index (χ1) is 10.7. The number of benzene rings is 1. The molecule has 0 radical (unpaired) electrons. The van der Waals surface area contributed by atoms with Crippen LogP contribution in [0.3, 0.4) is 0 Å². The molecule has 6 heteroatoms. The molecule has 2 heterocycles. The van der Waals surface area contributed by atoms with Gasteiger partial charge in [-0.15, -0.1) is 0 Å². The zero-order valence-electron chi connectivity index (χ0n) is 12.3. The SMILES string of the molecule is CN1CCN=C1NCc1cc(Oc2ccc(F)cc2)ccn1. The fraction of sp³-hybridized carbons (Fsp3) is 0.250. The van der Waals surface area contributed by atoms with Crippen LogP contribution in [0.4, 0.5) is 4.39 Å². The maximum atomic E-state index is 12.9. The number of aliphatic imine (C=N–C) groups is 1. The monoisotopic (exact) mass is 300 g/mol. The molecule has 1 aromatic carbocycles. The van der Waals surface area contributed by atoms with Crippen LogP contribution < -0.4 is 10.1 Å². The minimum atomic E-state index is -0.284. The fourth-order valence-corrected chi connectivity index (χ4v) is 2.15. The van der Waals surface area contributed by atoms with Crippen LogP contribution in [0.2, 0.25) is 0 Å². The van der Waals surface area contributed by atoms with Crippen molar-refractivity contribution in [2.24, 2.45) is 4.99 Å². The van der Waals surface area contributed by atoms with Gasteiger partial charge in [-0.1, -0.05) is 0 Å². The third kappa shape index (κ3) is 3.52. The summed E-state index contributed by atoms with van der Waals surface area (Å²) in [5, 5.41) is 3.25. The number of aromatic nitrogens is 1. The molecule has 0 fully saturated rings. The molecule has 22 heavy (non-hydrogen) atoms. The minimum absolute atomic E-state index is 0.284. The molecule has 0 unspecified atom stereocenters. The number of nitrogens with one attached hydrogen (secondary N) is 1. The van der Waals surface area contributed by atoms with Crippen LogP contribution in [0.1, 0.15) is 5.69 Å². The van der Waals surface area contributed by atoms with Gasteiger partial charge in [0, 0.05) is 25.9 Å². The lowest BCUT2D eigenvalue weighted by Crippen LogP contribution is -2.35. The van der Waals surface area contributed by atoms with Crippen LogP contribution in [0.25, 0.3) is 0 Å². The Morgan fingerprint density at radius 1 is 1.23 bits per heavy atom. The molecule has 1 N–H and O–H groups in total. The topological polar surface area (TPSA) is 49.8 Å². The predicted molar refractivity (Wildman–Crippen MR) is 82.5 cm³/mol. The highest BCUT2D eigenvalue weighted by atomic mass is 19.1. The van der Waals surface area contributed by atoms with E-state index in [2.05, 4.69) is 20.2 Å². The molecule has 0 atom stereocenters. The summed E-state index contributed by atoms with van der Waals surface area (Å²) in [5.74, 6) is 1.85. The number of rotatable bonds is 4. The molecule has 114 valence electrons. The first-order valence-corrected chi connectivity index (χ1v) is 7.08. The molecule has 3 rings (SSSR count). The fourth-order valence-electron chi connectivity index (χ4n) is 2.15. The molecular weight excluding hydrogens is 283 g/mol. The molecule has 2 aromatic rings. The van der Waals surface area contributed by atoms with Crippen molar-refractivity contribution in [2.45, 2.75) is 6.54 Å². The zero-order chi connectivity index (χ0) is 15.4. The van der Waals surface area contributed by atoms with Crippen molar-refractivity contribution in [3.05, 3.63) is 54.1 Å². The van der Waals surface area contributed by atoms with E-state index in [1.54, 1.807) is 24.4 Å². The van der Waals surface area contributed by atoms with E-state index in [0.717, 1.165) is 24.7 Å². The maximum Gasteiger partial charge on any atom is 0.194 e. The van der Waals surface area contributed by atoms with Crippen LogP contribution in [-0.2, 0) is 6.54 Å². The summed E-state index contributed by atoms with van der Waals surface area (Å²) in [4.78, 5) is 10.7. The van der Waals surface area contributed by atoms with E-state index in [4.69, 9.17) is 4.74 Å². The van der Waals surface area contributed by atoms with Gasteiger partial charge < -0.3 is 15.0 Å². The third-order valence-corrected chi connectivity index (χ3v) is 3.32. The summed E-state index contributed by atoms with van der Waals surface area (Å²) in [5.41, 5.74) is 0.850. The van der Waals surface area contributed by atoms with Crippen molar-refractivity contribution in [3.63, 3.8) is 0 Å². The predicted octanol–water partition coefficient (Wildman–Crippen LogP) is 2.40. The van der Waals surface area contributed by atoms with Crippen molar-refractivity contribution < 1.29 is 9.13 Å². The first kappa shape index (κ1) is 14.3. The van der Waals surface area contributed by atoms with Crippen molar-refractivity contribution in [2.75, 3.05) is 20.1 Å². The standard InChI is InChI=1S/C16H17FN4O/c1-21-9-8-19-16(21)20-11-13-10-15(6-7-18-13)22-14-4-2-12(17)3-5-14/h2-7,10H,8-9,11H2,1H3,(H,19,20). The van der Waals surface area contributed by atoms with E-state index in [9.17, 15) is 4.39 Å². The molecule has 0 amide bonds. The lowest BCUT2D eigenvalue weighted by Gasteiger charge is -2.15. The molecule has 0 spiro atoms. The van der Waals surface area contributed by atoms with Crippen LogP contribution in [0, 0.1) is 5.82 Å². The second-order valence-corrected chi connectivity index (χ2v) is 5.02. The van der Waals surface area contributed by atoms with Gasteiger partial charge in [0.2, 0.25) is 0 Å². The minimum Gasteiger partial charge on any atom is -0.457 e. The van der Waals surface area contributed by atoms with Gasteiger partial charge in [0.1, 0.15) is 17.3 Å². The molecule has 1 aliphatic heterocycles. The average molecular weight is 300 g/mol. The van der Waals surface area contributed by atoms with E-state index >= 15 is 0 Å². The summed E-state index contributed by atoms with van der Waals surface area (Å²) < 4.78 is 18.6. The number of pyridine rings is 1. The normalized spacial score (nSPS) is 13.9. The van der Waals surface area contributed by atoms with Gasteiger partial charge in [0.15, 0.2) is 5.96 Å². The Kier molecular flexibility index (Phi) is 4.18. The average Bonchev–Trinajstić information content (AvgIpc) is 2.93. The number of hydrogen-bond donors (Lipinski definition) is 1. The van der Waals surface area contributed by atoms with Crippen LogP contribution in [0.15, 0.2) is 47.6 Å². The molecule has 0 bridgehead atoms. The Bertz CT molecular complexity index is 672. The largest absolute Gasteiger partial charge is 0.457 e. The van der Waals surface area contributed by atoms with E-state index in [1.807, 2.05) is 13.1 Å². The summed E-state index contributed by atoms with van der Waals surface area (Å²) in [7, 11) is 2.00. The summed E-state index contributed by atoms with van der Waals surface area (Å²) >= 11 is 0. The van der Waals surface area contributed by atoms with Crippen LogP contribution >= 0.6 is 0 Å². The van der Waals surface area contributed by atoms with Crippen molar-refractivity contribution in [3.8, 4) is 11.5 Å². The molecule has 1 aromatic heterocycles. The van der Waals surface area contributed by atoms with Gasteiger partial charge in [0.25, 0.3) is 0 Å². The Labute approximate surface area is 128 Å². The number of likely N-dealkylation sites (N-methyl/N-ethyl adjacent to an activating group) is 1. The van der Waals surface area contributed by atoms with Gasteiger partial charge in [-0.25, -0.2) is 4.39 Å². The van der Waals surface area contributed by atoms with Crippen molar-refractivity contribution >= 4 is 5.96 Å². The van der Waals surface area contributed by atoms with Crippen molar-refractivity contribution in [1.29, 1.82) is 0 Å². The lowest BCUT2D eigenvalue weighted by atomic mass is 10.3. The maximum absolute atomic E-state index is 12.9. The Morgan fingerprint density at radius 2 is 2.05 bits per heavy atom. The van der Waals surface area contributed by atoms with E-state index in [-0.39, 0.29) is 5.82 Å². The van der Waals surface area contributed by atoms with E-state index in [1.165, 1.54) is 12.1 Å². The van der Waals surface area contributed by atoms with E-state index in [0.29, 0.717) is 18.0 Å². The Hall–Kier alpha value is -2.63. The van der Waals surface area contributed by atoms with Gasteiger partial charge in [-0.05, 0) is 30.3 Å². The number of ether oxygens (including phenoxy) is 1. The summed E-state index contributed by atoms with van der Waals surface area (Å²) in [6.07, 6.45) is 1.69. The number of halogens is 1. The van der Waals surface area contributed by atoms with Crippen LogP contribution in [-0.4, -0.2) is 36.0 Å².